The molecule has 0 saturated carbocycles. The molecule has 20 heavy (non-hydrogen) atoms. The van der Waals surface area contributed by atoms with Crippen LogP contribution in [0.2, 0.25) is 0 Å². The average molecular weight is 297 g/mol. The van der Waals surface area contributed by atoms with Crippen molar-refractivity contribution in [3.8, 4) is 5.75 Å². The van der Waals surface area contributed by atoms with Gasteiger partial charge in [-0.2, -0.15) is 0 Å². The Bertz CT molecular complexity index is 603. The van der Waals surface area contributed by atoms with E-state index in [0.717, 1.165) is 22.8 Å². The summed E-state index contributed by atoms with van der Waals surface area (Å²) in [4.78, 5) is 0. The van der Waals surface area contributed by atoms with Gasteiger partial charge in [0.25, 0.3) is 0 Å². The lowest BCUT2D eigenvalue weighted by Gasteiger charge is -2.14. The van der Waals surface area contributed by atoms with Gasteiger partial charge in [0.2, 0.25) is 0 Å². The fraction of sp³-hybridized carbons (Fsp3) is 0.250. The standard InChI is InChI=1S/C16H15ClF2O/c1-10-6-12(8-17)7-11(2)16(10)20-9-13-4-3-5-14(18)15(13)19/h3-7H,8-9H2,1-2H3. The molecule has 0 bridgehead atoms. The number of rotatable bonds is 4. The maximum atomic E-state index is 13.6. The lowest BCUT2D eigenvalue weighted by Crippen LogP contribution is -2.03. The molecule has 0 atom stereocenters. The highest BCUT2D eigenvalue weighted by Crippen LogP contribution is 2.27. The van der Waals surface area contributed by atoms with Crippen LogP contribution in [-0.4, -0.2) is 0 Å². The van der Waals surface area contributed by atoms with Crippen molar-refractivity contribution in [3.05, 3.63) is 64.2 Å². The third-order valence-corrected chi connectivity index (χ3v) is 3.39. The predicted octanol–water partition coefficient (Wildman–Crippen LogP) is 4.90. The topological polar surface area (TPSA) is 9.23 Å². The number of hydrogen-bond donors (Lipinski definition) is 0. The normalized spacial score (nSPS) is 10.7. The summed E-state index contributed by atoms with van der Waals surface area (Å²) in [5, 5.41) is 0. The summed E-state index contributed by atoms with van der Waals surface area (Å²) < 4.78 is 32.3. The first-order chi connectivity index (χ1) is 9.52. The van der Waals surface area contributed by atoms with E-state index < -0.39 is 11.6 Å². The zero-order chi connectivity index (χ0) is 14.7. The molecule has 2 aromatic rings. The van der Waals surface area contributed by atoms with Crippen LogP contribution >= 0.6 is 11.6 Å². The molecule has 0 amide bonds. The fourth-order valence-electron chi connectivity index (χ4n) is 2.15. The zero-order valence-electron chi connectivity index (χ0n) is 11.3. The Balaban J connectivity index is 2.21. The van der Waals surface area contributed by atoms with E-state index in [0.29, 0.717) is 11.6 Å². The highest BCUT2D eigenvalue weighted by atomic mass is 35.5. The molecule has 0 aliphatic rings. The Hall–Kier alpha value is -1.61. The molecular weight excluding hydrogens is 282 g/mol. The minimum Gasteiger partial charge on any atom is -0.488 e. The van der Waals surface area contributed by atoms with Crippen molar-refractivity contribution in [1.82, 2.24) is 0 Å². The average Bonchev–Trinajstić information content (AvgIpc) is 2.42. The Morgan fingerprint density at radius 1 is 1.10 bits per heavy atom. The molecule has 0 saturated heterocycles. The molecule has 0 aliphatic heterocycles. The van der Waals surface area contributed by atoms with Crippen LogP contribution in [0.3, 0.4) is 0 Å². The lowest BCUT2D eigenvalue weighted by molar-refractivity contribution is 0.293. The summed E-state index contributed by atoms with van der Waals surface area (Å²) >= 11 is 5.80. The molecule has 0 N–H and O–H groups in total. The minimum absolute atomic E-state index is 0.00844. The Morgan fingerprint density at radius 3 is 2.35 bits per heavy atom. The Kier molecular flexibility index (Phi) is 4.61. The van der Waals surface area contributed by atoms with Crippen molar-refractivity contribution in [2.24, 2.45) is 0 Å². The van der Waals surface area contributed by atoms with Crippen molar-refractivity contribution in [3.63, 3.8) is 0 Å². The number of hydrogen-bond acceptors (Lipinski definition) is 1. The highest BCUT2D eigenvalue weighted by molar-refractivity contribution is 6.17. The van der Waals surface area contributed by atoms with Crippen LogP contribution in [0.5, 0.6) is 5.75 Å². The largest absolute Gasteiger partial charge is 0.488 e. The molecular formula is C16H15ClF2O. The highest BCUT2D eigenvalue weighted by Gasteiger charge is 2.11. The molecule has 2 rings (SSSR count). The van der Waals surface area contributed by atoms with E-state index >= 15 is 0 Å². The van der Waals surface area contributed by atoms with E-state index in [1.54, 1.807) is 0 Å². The van der Waals surface area contributed by atoms with Crippen LogP contribution < -0.4 is 4.74 Å². The van der Waals surface area contributed by atoms with Crippen LogP contribution in [0.1, 0.15) is 22.3 Å². The minimum atomic E-state index is -0.864. The van der Waals surface area contributed by atoms with Crippen molar-refractivity contribution in [2.45, 2.75) is 26.3 Å². The van der Waals surface area contributed by atoms with Gasteiger partial charge in [0.05, 0.1) is 0 Å². The van der Waals surface area contributed by atoms with E-state index in [9.17, 15) is 8.78 Å². The number of aryl methyl sites for hydroxylation is 2. The molecule has 0 aromatic heterocycles. The van der Waals surface area contributed by atoms with Crippen molar-refractivity contribution in [2.75, 3.05) is 0 Å². The second-order valence-electron chi connectivity index (χ2n) is 4.69. The lowest BCUT2D eigenvalue weighted by atomic mass is 10.1. The van der Waals surface area contributed by atoms with Gasteiger partial charge >= 0.3 is 0 Å². The molecule has 0 heterocycles. The smallest absolute Gasteiger partial charge is 0.165 e. The molecule has 1 nitrogen and oxygen atoms in total. The Morgan fingerprint density at radius 2 is 1.75 bits per heavy atom. The second-order valence-corrected chi connectivity index (χ2v) is 4.96. The number of alkyl halides is 1. The van der Waals surface area contributed by atoms with E-state index in [-0.39, 0.29) is 12.2 Å². The van der Waals surface area contributed by atoms with Crippen molar-refractivity contribution in [1.29, 1.82) is 0 Å². The van der Waals surface area contributed by atoms with E-state index in [2.05, 4.69) is 0 Å². The van der Waals surface area contributed by atoms with Gasteiger partial charge in [-0.15, -0.1) is 11.6 Å². The number of halogens is 3. The van der Waals surface area contributed by atoms with Gasteiger partial charge < -0.3 is 4.74 Å². The van der Waals surface area contributed by atoms with E-state index in [1.807, 2.05) is 26.0 Å². The third kappa shape index (κ3) is 3.10. The first-order valence-electron chi connectivity index (χ1n) is 6.24. The van der Waals surface area contributed by atoms with Gasteiger partial charge in [0, 0.05) is 11.4 Å². The molecule has 0 spiro atoms. The van der Waals surface area contributed by atoms with Gasteiger partial charge in [0.15, 0.2) is 11.6 Å². The maximum absolute atomic E-state index is 13.6. The second kappa shape index (κ2) is 6.23. The SMILES string of the molecule is Cc1cc(CCl)cc(C)c1OCc1cccc(F)c1F. The Labute approximate surface area is 122 Å². The summed E-state index contributed by atoms with van der Waals surface area (Å²) in [6.45, 7) is 3.80. The third-order valence-electron chi connectivity index (χ3n) is 3.08. The molecule has 0 unspecified atom stereocenters. The quantitative estimate of drug-likeness (QED) is 0.729. The van der Waals surface area contributed by atoms with Crippen LogP contribution in [0.25, 0.3) is 0 Å². The molecule has 4 heteroatoms. The maximum Gasteiger partial charge on any atom is 0.165 e. The van der Waals surface area contributed by atoms with E-state index in [1.165, 1.54) is 12.1 Å². The van der Waals surface area contributed by atoms with Gasteiger partial charge in [-0.25, -0.2) is 8.78 Å². The van der Waals surface area contributed by atoms with Crippen LogP contribution in [0.15, 0.2) is 30.3 Å². The predicted molar refractivity (Wildman–Crippen MR) is 76.2 cm³/mol. The summed E-state index contributed by atoms with van der Waals surface area (Å²) in [6, 6.07) is 7.92. The summed E-state index contributed by atoms with van der Waals surface area (Å²) in [5.74, 6) is -0.611. The van der Waals surface area contributed by atoms with Gasteiger partial charge in [-0.3, -0.25) is 0 Å². The van der Waals surface area contributed by atoms with Crippen LogP contribution in [-0.2, 0) is 12.5 Å². The summed E-state index contributed by atoms with van der Waals surface area (Å²) in [7, 11) is 0. The van der Waals surface area contributed by atoms with Crippen LogP contribution in [0.4, 0.5) is 8.78 Å². The molecule has 2 aromatic carbocycles. The van der Waals surface area contributed by atoms with Crippen molar-refractivity contribution >= 4 is 11.6 Å². The fourth-order valence-corrected chi connectivity index (χ4v) is 2.31. The zero-order valence-corrected chi connectivity index (χ0v) is 12.1. The first kappa shape index (κ1) is 14.8. The first-order valence-corrected chi connectivity index (χ1v) is 6.78. The number of benzene rings is 2. The monoisotopic (exact) mass is 296 g/mol. The number of ether oxygens (including phenoxy) is 1. The summed E-state index contributed by atoms with van der Waals surface area (Å²) in [5.41, 5.74) is 3.06. The van der Waals surface area contributed by atoms with Crippen LogP contribution in [0, 0.1) is 25.5 Å². The van der Waals surface area contributed by atoms with Crippen molar-refractivity contribution < 1.29 is 13.5 Å². The molecule has 0 fully saturated rings. The van der Waals surface area contributed by atoms with E-state index in [4.69, 9.17) is 16.3 Å². The molecule has 106 valence electrons. The molecule has 0 aliphatic carbocycles. The molecule has 0 radical (unpaired) electrons. The van der Waals surface area contributed by atoms with Gasteiger partial charge in [0.1, 0.15) is 12.4 Å². The van der Waals surface area contributed by atoms with Gasteiger partial charge in [-0.05, 0) is 36.6 Å². The summed E-state index contributed by atoms with van der Waals surface area (Å²) in [6.07, 6.45) is 0. The van der Waals surface area contributed by atoms with Gasteiger partial charge in [-0.1, -0.05) is 24.3 Å².